The number of hydrogen-bond donors (Lipinski definition) is 2. The van der Waals surface area contributed by atoms with Gasteiger partial charge in [0.05, 0.1) is 6.04 Å². The molecular formula is C15H31N3O. The van der Waals surface area contributed by atoms with Gasteiger partial charge in [0.15, 0.2) is 0 Å². The molecule has 19 heavy (non-hydrogen) atoms. The zero-order valence-electron chi connectivity index (χ0n) is 12.8. The SMILES string of the molecule is CCCC(C)NC(=O)C(C)N1CCCCC1CCN. The number of nitrogens with zero attached hydrogens (tertiary/aromatic N) is 1. The smallest absolute Gasteiger partial charge is 0.237 e. The minimum atomic E-state index is -0.0313. The third-order valence-electron chi connectivity index (χ3n) is 4.16. The van der Waals surface area contributed by atoms with E-state index in [1.807, 2.05) is 6.92 Å². The quantitative estimate of drug-likeness (QED) is 0.742. The lowest BCUT2D eigenvalue weighted by atomic mass is 9.97. The Morgan fingerprint density at radius 2 is 2.16 bits per heavy atom. The van der Waals surface area contributed by atoms with Gasteiger partial charge < -0.3 is 11.1 Å². The summed E-state index contributed by atoms with van der Waals surface area (Å²) in [4.78, 5) is 14.6. The van der Waals surface area contributed by atoms with Crippen LogP contribution in [-0.4, -0.2) is 42.0 Å². The maximum atomic E-state index is 12.3. The molecule has 3 atom stereocenters. The fraction of sp³-hybridized carbons (Fsp3) is 0.933. The summed E-state index contributed by atoms with van der Waals surface area (Å²) >= 11 is 0. The zero-order chi connectivity index (χ0) is 14.3. The second-order valence-electron chi connectivity index (χ2n) is 5.84. The fourth-order valence-corrected chi connectivity index (χ4v) is 3.05. The first-order valence-corrected chi connectivity index (χ1v) is 7.86. The summed E-state index contributed by atoms with van der Waals surface area (Å²) in [6, 6.07) is 0.731. The predicted molar refractivity (Wildman–Crippen MR) is 80.0 cm³/mol. The van der Waals surface area contributed by atoms with Crippen molar-refractivity contribution in [1.29, 1.82) is 0 Å². The summed E-state index contributed by atoms with van der Waals surface area (Å²) in [6.07, 6.45) is 6.80. The van der Waals surface area contributed by atoms with Crippen LogP contribution >= 0.6 is 0 Å². The van der Waals surface area contributed by atoms with Crippen molar-refractivity contribution in [3.8, 4) is 0 Å². The van der Waals surface area contributed by atoms with E-state index in [0.29, 0.717) is 12.6 Å². The van der Waals surface area contributed by atoms with Crippen molar-refractivity contribution in [1.82, 2.24) is 10.2 Å². The van der Waals surface area contributed by atoms with Gasteiger partial charge in [-0.3, -0.25) is 9.69 Å². The van der Waals surface area contributed by atoms with Crippen molar-refractivity contribution in [3.63, 3.8) is 0 Å². The highest BCUT2D eigenvalue weighted by molar-refractivity contribution is 5.81. The maximum absolute atomic E-state index is 12.3. The fourth-order valence-electron chi connectivity index (χ4n) is 3.05. The summed E-state index contributed by atoms with van der Waals surface area (Å²) in [5, 5.41) is 3.13. The van der Waals surface area contributed by atoms with Gasteiger partial charge in [0, 0.05) is 12.1 Å². The molecule has 0 radical (unpaired) electrons. The van der Waals surface area contributed by atoms with Crippen LogP contribution in [0.5, 0.6) is 0 Å². The van der Waals surface area contributed by atoms with E-state index in [-0.39, 0.29) is 18.0 Å². The molecule has 4 heteroatoms. The Morgan fingerprint density at radius 3 is 2.79 bits per heavy atom. The van der Waals surface area contributed by atoms with Crippen LogP contribution in [0, 0.1) is 0 Å². The van der Waals surface area contributed by atoms with Crippen LogP contribution in [0.1, 0.15) is 59.3 Å². The second-order valence-corrected chi connectivity index (χ2v) is 5.84. The number of rotatable bonds is 7. The predicted octanol–water partition coefficient (Wildman–Crippen LogP) is 1.88. The Balaban J connectivity index is 2.52. The van der Waals surface area contributed by atoms with Gasteiger partial charge in [-0.2, -0.15) is 0 Å². The Hall–Kier alpha value is -0.610. The number of hydrogen-bond acceptors (Lipinski definition) is 3. The topological polar surface area (TPSA) is 58.4 Å². The molecule has 1 amide bonds. The molecular weight excluding hydrogens is 238 g/mol. The van der Waals surface area contributed by atoms with Crippen LogP contribution in [0.2, 0.25) is 0 Å². The van der Waals surface area contributed by atoms with Gasteiger partial charge in [0.25, 0.3) is 0 Å². The zero-order valence-corrected chi connectivity index (χ0v) is 12.8. The average molecular weight is 269 g/mol. The molecule has 4 nitrogen and oxygen atoms in total. The Kier molecular flexibility index (Phi) is 7.39. The highest BCUT2D eigenvalue weighted by Crippen LogP contribution is 2.21. The van der Waals surface area contributed by atoms with E-state index >= 15 is 0 Å². The van der Waals surface area contributed by atoms with Gasteiger partial charge in [0.1, 0.15) is 0 Å². The Bertz CT molecular complexity index is 268. The normalized spacial score (nSPS) is 23.9. The van der Waals surface area contributed by atoms with Gasteiger partial charge in [-0.15, -0.1) is 0 Å². The van der Waals surface area contributed by atoms with E-state index in [1.165, 1.54) is 19.3 Å². The lowest BCUT2D eigenvalue weighted by Crippen LogP contribution is -2.53. The molecule has 1 saturated heterocycles. The van der Waals surface area contributed by atoms with Gasteiger partial charge in [-0.1, -0.05) is 19.8 Å². The van der Waals surface area contributed by atoms with Crippen molar-refractivity contribution < 1.29 is 4.79 Å². The first-order valence-electron chi connectivity index (χ1n) is 7.86. The summed E-state index contributed by atoms with van der Waals surface area (Å²) in [5.74, 6) is 0.171. The monoisotopic (exact) mass is 269 g/mol. The minimum absolute atomic E-state index is 0.0313. The lowest BCUT2D eigenvalue weighted by Gasteiger charge is -2.39. The second kappa shape index (κ2) is 8.54. The van der Waals surface area contributed by atoms with Gasteiger partial charge in [0.2, 0.25) is 5.91 Å². The molecule has 1 aliphatic rings. The van der Waals surface area contributed by atoms with Crippen LogP contribution in [0.4, 0.5) is 0 Å². The molecule has 0 spiro atoms. The number of piperidine rings is 1. The molecule has 1 fully saturated rings. The van der Waals surface area contributed by atoms with Crippen LogP contribution in [0.15, 0.2) is 0 Å². The molecule has 0 aromatic heterocycles. The molecule has 0 aliphatic carbocycles. The van der Waals surface area contributed by atoms with E-state index in [4.69, 9.17) is 5.73 Å². The van der Waals surface area contributed by atoms with E-state index in [0.717, 1.165) is 25.8 Å². The van der Waals surface area contributed by atoms with Gasteiger partial charge in [-0.25, -0.2) is 0 Å². The van der Waals surface area contributed by atoms with Crippen molar-refractivity contribution in [2.45, 2.75) is 77.4 Å². The summed E-state index contributed by atoms with van der Waals surface area (Å²) in [5.41, 5.74) is 5.69. The molecule has 0 aromatic carbocycles. The molecule has 3 N–H and O–H groups in total. The number of carbonyl (C=O) groups is 1. The Morgan fingerprint density at radius 1 is 1.42 bits per heavy atom. The first-order chi connectivity index (χ1) is 9.10. The van der Waals surface area contributed by atoms with Crippen molar-refractivity contribution >= 4 is 5.91 Å². The minimum Gasteiger partial charge on any atom is -0.352 e. The van der Waals surface area contributed by atoms with Crippen LogP contribution in [-0.2, 0) is 4.79 Å². The van der Waals surface area contributed by atoms with E-state index in [9.17, 15) is 4.79 Å². The number of nitrogens with one attached hydrogen (secondary N) is 1. The third kappa shape index (κ3) is 5.11. The number of nitrogens with two attached hydrogens (primary N) is 1. The van der Waals surface area contributed by atoms with E-state index < -0.39 is 0 Å². The van der Waals surface area contributed by atoms with Crippen LogP contribution < -0.4 is 11.1 Å². The highest BCUT2D eigenvalue weighted by atomic mass is 16.2. The van der Waals surface area contributed by atoms with Gasteiger partial charge in [-0.05, 0) is 52.6 Å². The molecule has 0 aromatic rings. The standard InChI is InChI=1S/C15H31N3O/c1-4-7-12(2)17-15(19)13(3)18-11-6-5-8-14(18)9-10-16/h12-14H,4-11,16H2,1-3H3,(H,17,19). The number of carbonyl (C=O) groups excluding carboxylic acids is 1. The molecule has 1 rings (SSSR count). The largest absolute Gasteiger partial charge is 0.352 e. The molecule has 1 heterocycles. The lowest BCUT2D eigenvalue weighted by molar-refractivity contribution is -0.128. The van der Waals surface area contributed by atoms with Crippen molar-refractivity contribution in [2.24, 2.45) is 5.73 Å². The summed E-state index contributed by atoms with van der Waals surface area (Å²) < 4.78 is 0. The molecule has 0 saturated carbocycles. The maximum Gasteiger partial charge on any atom is 0.237 e. The van der Waals surface area contributed by atoms with E-state index in [1.54, 1.807) is 0 Å². The molecule has 1 aliphatic heterocycles. The van der Waals surface area contributed by atoms with E-state index in [2.05, 4.69) is 24.1 Å². The van der Waals surface area contributed by atoms with Crippen molar-refractivity contribution in [3.05, 3.63) is 0 Å². The number of amides is 1. The first kappa shape index (κ1) is 16.4. The number of likely N-dealkylation sites (tertiary alicyclic amines) is 1. The van der Waals surface area contributed by atoms with Gasteiger partial charge >= 0.3 is 0 Å². The molecule has 112 valence electrons. The molecule has 3 unspecified atom stereocenters. The molecule has 0 bridgehead atoms. The summed E-state index contributed by atoms with van der Waals surface area (Å²) in [6.45, 7) is 8.00. The average Bonchev–Trinajstić information content (AvgIpc) is 2.39. The summed E-state index contributed by atoms with van der Waals surface area (Å²) in [7, 11) is 0. The van der Waals surface area contributed by atoms with Crippen LogP contribution in [0.25, 0.3) is 0 Å². The highest BCUT2D eigenvalue weighted by Gasteiger charge is 2.29. The van der Waals surface area contributed by atoms with Crippen molar-refractivity contribution in [2.75, 3.05) is 13.1 Å². The van der Waals surface area contributed by atoms with Crippen LogP contribution in [0.3, 0.4) is 0 Å². The Labute approximate surface area is 118 Å². The third-order valence-corrected chi connectivity index (χ3v) is 4.16.